The van der Waals surface area contributed by atoms with Crippen LogP contribution in [0.5, 0.6) is 0 Å². The predicted octanol–water partition coefficient (Wildman–Crippen LogP) is 7.11. The molecule has 1 aliphatic heterocycles. The topological polar surface area (TPSA) is 28.6 Å². The number of likely N-dealkylation sites (tertiary alicyclic amines) is 1. The maximum atomic E-state index is 5.78. The molecule has 2 atom stereocenters. The maximum Gasteiger partial charge on any atom is 0.0574 e. The van der Waals surface area contributed by atoms with Crippen LogP contribution in [-0.4, -0.2) is 61.2 Å². The lowest BCUT2D eigenvalue weighted by atomic mass is 9.75. The summed E-state index contributed by atoms with van der Waals surface area (Å²) in [4.78, 5) is 9.45. The first kappa shape index (κ1) is 28.6. The molecule has 36 heavy (non-hydrogen) atoms. The summed E-state index contributed by atoms with van der Waals surface area (Å²) in [5.74, 6) is 0.385. The molecule has 0 aliphatic carbocycles. The van der Waals surface area contributed by atoms with E-state index in [1.165, 1.54) is 67.2 Å². The highest BCUT2D eigenvalue weighted by Crippen LogP contribution is 2.36. The van der Waals surface area contributed by atoms with Gasteiger partial charge in [0.1, 0.15) is 0 Å². The van der Waals surface area contributed by atoms with E-state index < -0.39 is 0 Å². The van der Waals surface area contributed by atoms with Crippen molar-refractivity contribution in [3.05, 3.63) is 67.0 Å². The Balaban J connectivity index is 1.41. The summed E-state index contributed by atoms with van der Waals surface area (Å²) in [5, 5.41) is 2.51. The number of hydrogen-bond donors (Lipinski definition) is 0. The quantitative estimate of drug-likeness (QED) is 0.248. The van der Waals surface area contributed by atoms with Gasteiger partial charge in [-0.05, 0) is 106 Å². The zero-order valence-corrected chi connectivity index (χ0v) is 23.3. The molecule has 0 saturated carbocycles. The van der Waals surface area contributed by atoms with Crippen LogP contribution < -0.4 is 0 Å². The van der Waals surface area contributed by atoms with E-state index in [0.717, 1.165) is 32.4 Å². The number of benzene rings is 1. The summed E-state index contributed by atoms with van der Waals surface area (Å²) in [6, 6.07) is 8.92. The maximum absolute atomic E-state index is 5.78. The van der Waals surface area contributed by atoms with Gasteiger partial charge in [0, 0.05) is 38.0 Å². The van der Waals surface area contributed by atoms with Crippen LogP contribution in [0, 0.1) is 11.3 Å². The third kappa shape index (κ3) is 8.26. The van der Waals surface area contributed by atoms with Crippen molar-refractivity contribution in [2.24, 2.45) is 11.3 Å². The Morgan fingerprint density at radius 3 is 2.69 bits per heavy atom. The van der Waals surface area contributed by atoms with Crippen LogP contribution in [0.4, 0.5) is 0 Å². The largest absolute Gasteiger partial charge is 0.381 e. The highest BCUT2D eigenvalue weighted by atomic mass is 16.5. The molecular formula is C32H49N3O. The normalized spacial score (nSPS) is 17.8. The average Bonchev–Trinajstić information content (AvgIpc) is 2.91. The van der Waals surface area contributed by atoms with E-state index in [-0.39, 0.29) is 0 Å². The van der Waals surface area contributed by atoms with E-state index >= 15 is 0 Å². The molecule has 3 rings (SSSR count). The van der Waals surface area contributed by atoms with E-state index in [0.29, 0.717) is 17.4 Å². The Morgan fingerprint density at radius 1 is 1.22 bits per heavy atom. The minimum atomic E-state index is 0.321. The predicted molar refractivity (Wildman–Crippen MR) is 154 cm³/mol. The Bertz CT molecular complexity index is 963. The van der Waals surface area contributed by atoms with Gasteiger partial charge in [-0.1, -0.05) is 44.2 Å². The zero-order valence-electron chi connectivity index (χ0n) is 23.3. The second-order valence-corrected chi connectivity index (χ2v) is 11.1. The van der Waals surface area contributed by atoms with Gasteiger partial charge in [0.2, 0.25) is 0 Å². The van der Waals surface area contributed by atoms with Gasteiger partial charge in [-0.3, -0.25) is 9.88 Å². The SMILES string of the molecule is C=CC(C)C(=C)CCC(CCCN(C)CC1(CC)CCN(Cc2ccc3cnccc3c2)CC1)OC. The van der Waals surface area contributed by atoms with Crippen molar-refractivity contribution < 1.29 is 4.74 Å². The van der Waals surface area contributed by atoms with Crippen LogP contribution in [0.2, 0.25) is 0 Å². The lowest BCUT2D eigenvalue weighted by Gasteiger charge is -2.43. The minimum absolute atomic E-state index is 0.321. The molecule has 0 radical (unpaired) electrons. The molecule has 198 valence electrons. The van der Waals surface area contributed by atoms with E-state index in [4.69, 9.17) is 4.74 Å². The molecular weight excluding hydrogens is 442 g/mol. The third-order valence-electron chi connectivity index (χ3n) is 8.57. The number of hydrogen-bond acceptors (Lipinski definition) is 4. The summed E-state index contributed by atoms with van der Waals surface area (Å²) < 4.78 is 5.78. The first-order valence-electron chi connectivity index (χ1n) is 13.9. The average molecular weight is 492 g/mol. The van der Waals surface area contributed by atoms with Gasteiger partial charge in [0.25, 0.3) is 0 Å². The smallest absolute Gasteiger partial charge is 0.0574 e. The van der Waals surface area contributed by atoms with Gasteiger partial charge in [-0.25, -0.2) is 0 Å². The van der Waals surface area contributed by atoms with Crippen molar-refractivity contribution in [3.63, 3.8) is 0 Å². The summed E-state index contributed by atoms with van der Waals surface area (Å²) in [6.07, 6.45) is 14.3. The lowest BCUT2D eigenvalue weighted by Crippen LogP contribution is -2.45. The number of piperidine rings is 1. The Kier molecular flexibility index (Phi) is 11.2. The number of rotatable bonds is 15. The monoisotopic (exact) mass is 491 g/mol. The van der Waals surface area contributed by atoms with Crippen LogP contribution in [-0.2, 0) is 11.3 Å². The molecule has 1 aromatic carbocycles. The summed E-state index contributed by atoms with van der Waals surface area (Å²) in [7, 11) is 4.16. The van der Waals surface area contributed by atoms with Crippen LogP contribution >= 0.6 is 0 Å². The second-order valence-electron chi connectivity index (χ2n) is 11.1. The molecule has 1 aromatic heterocycles. The molecule has 2 heterocycles. The molecule has 1 fully saturated rings. The number of methoxy groups -OCH3 is 1. The second kappa shape index (κ2) is 14.1. The van der Waals surface area contributed by atoms with Crippen LogP contribution in [0.1, 0.15) is 64.4 Å². The third-order valence-corrected chi connectivity index (χ3v) is 8.57. The van der Waals surface area contributed by atoms with Gasteiger partial charge < -0.3 is 9.64 Å². The zero-order chi connectivity index (χ0) is 26.0. The van der Waals surface area contributed by atoms with Gasteiger partial charge in [0.15, 0.2) is 0 Å². The number of pyridine rings is 1. The van der Waals surface area contributed by atoms with Crippen LogP contribution in [0.25, 0.3) is 10.8 Å². The molecule has 0 bridgehead atoms. The molecule has 0 amide bonds. The first-order valence-corrected chi connectivity index (χ1v) is 13.9. The van der Waals surface area contributed by atoms with Crippen molar-refractivity contribution in [2.75, 3.05) is 40.3 Å². The number of allylic oxidation sites excluding steroid dienone is 2. The molecule has 1 aliphatic rings. The molecule has 0 spiro atoms. The van der Waals surface area contributed by atoms with Crippen molar-refractivity contribution in [3.8, 4) is 0 Å². The van der Waals surface area contributed by atoms with Gasteiger partial charge in [-0.2, -0.15) is 0 Å². The molecule has 2 aromatic rings. The van der Waals surface area contributed by atoms with Crippen molar-refractivity contribution in [2.45, 2.75) is 71.4 Å². The Morgan fingerprint density at radius 2 is 2.00 bits per heavy atom. The minimum Gasteiger partial charge on any atom is -0.381 e. The summed E-state index contributed by atoms with van der Waals surface area (Å²) in [5.41, 5.74) is 3.11. The fourth-order valence-electron chi connectivity index (χ4n) is 5.66. The number of aromatic nitrogens is 1. The van der Waals surface area contributed by atoms with Crippen LogP contribution in [0.15, 0.2) is 61.5 Å². The molecule has 4 nitrogen and oxygen atoms in total. The molecule has 0 N–H and O–H groups in total. The van der Waals surface area contributed by atoms with Gasteiger partial charge in [-0.15, -0.1) is 6.58 Å². The Hall–Kier alpha value is -2.01. The fourth-order valence-corrected chi connectivity index (χ4v) is 5.66. The van der Waals surface area contributed by atoms with Gasteiger partial charge >= 0.3 is 0 Å². The first-order chi connectivity index (χ1) is 17.4. The van der Waals surface area contributed by atoms with Crippen molar-refractivity contribution in [1.82, 2.24) is 14.8 Å². The fraction of sp³-hybridized carbons (Fsp3) is 0.594. The lowest BCUT2D eigenvalue weighted by molar-refractivity contribution is 0.0569. The standard InChI is InChI=1S/C32H49N3O/c1-7-26(3)27(4)11-14-31(36-6)10-9-19-34(5)25-32(8-2)16-20-35(21-17-32)24-28-12-13-30-23-33-18-15-29(30)22-28/h7,12-13,15,18,22-23,26,31H,1,4,8-11,14,16-17,19-21,24-25H2,2-3,5-6H3. The number of fused-ring (bicyclic) bond motifs is 1. The Labute approximate surface area is 220 Å². The highest BCUT2D eigenvalue weighted by Gasteiger charge is 2.33. The summed E-state index contributed by atoms with van der Waals surface area (Å²) in [6.45, 7) is 18.4. The van der Waals surface area contributed by atoms with E-state index in [9.17, 15) is 0 Å². The number of nitrogens with zero attached hydrogens (tertiary/aromatic N) is 3. The number of ether oxygens (including phenoxy) is 1. The summed E-state index contributed by atoms with van der Waals surface area (Å²) >= 11 is 0. The van der Waals surface area contributed by atoms with E-state index in [2.05, 4.69) is 73.1 Å². The molecule has 2 unspecified atom stereocenters. The highest BCUT2D eigenvalue weighted by molar-refractivity contribution is 5.81. The van der Waals surface area contributed by atoms with Gasteiger partial charge in [0.05, 0.1) is 6.10 Å². The molecule has 1 saturated heterocycles. The van der Waals surface area contributed by atoms with E-state index in [1.54, 1.807) is 0 Å². The van der Waals surface area contributed by atoms with Crippen molar-refractivity contribution >= 4 is 10.8 Å². The molecule has 4 heteroatoms. The van der Waals surface area contributed by atoms with Crippen molar-refractivity contribution in [1.29, 1.82) is 0 Å². The van der Waals surface area contributed by atoms with E-state index in [1.807, 2.05) is 25.6 Å². The van der Waals surface area contributed by atoms with Crippen LogP contribution in [0.3, 0.4) is 0 Å².